The van der Waals surface area contributed by atoms with Gasteiger partial charge in [0.25, 0.3) is 0 Å². The summed E-state index contributed by atoms with van der Waals surface area (Å²) >= 11 is 0. The van der Waals surface area contributed by atoms with Gasteiger partial charge in [0.1, 0.15) is 5.75 Å². The second-order valence-corrected chi connectivity index (χ2v) is 8.32. The molecule has 1 aliphatic heterocycles. The summed E-state index contributed by atoms with van der Waals surface area (Å²) in [5.41, 5.74) is 0.336. The van der Waals surface area contributed by atoms with Crippen LogP contribution in [0.2, 0.25) is 0 Å². The zero-order valence-corrected chi connectivity index (χ0v) is 16.7. The Kier molecular flexibility index (Phi) is 6.28. The molecule has 2 aromatic rings. The van der Waals surface area contributed by atoms with Gasteiger partial charge in [0.05, 0.1) is 17.1 Å². The van der Waals surface area contributed by atoms with Crippen LogP contribution in [-0.4, -0.2) is 68.4 Å². The largest absolute Gasteiger partial charge is 0.462 e. The number of nitrogens with zero attached hydrogens (tertiary/aromatic N) is 3. The van der Waals surface area contributed by atoms with Crippen LogP contribution in [0.25, 0.3) is 0 Å². The Bertz CT molecular complexity index is 906. The summed E-state index contributed by atoms with van der Waals surface area (Å²) in [6.45, 7) is 4.42. The number of hydrogen-bond donors (Lipinski definition) is 0. The van der Waals surface area contributed by atoms with Crippen molar-refractivity contribution in [2.45, 2.75) is 11.8 Å². The van der Waals surface area contributed by atoms with Crippen LogP contribution in [0.3, 0.4) is 0 Å². The first-order valence-corrected chi connectivity index (χ1v) is 10.4. The fraction of sp³-hybridized carbons (Fsp3) is 0.368. The Balaban J connectivity index is 1.66. The molecule has 2 heterocycles. The number of hydrogen-bond acceptors (Lipinski definition) is 7. The van der Waals surface area contributed by atoms with Gasteiger partial charge in [0.2, 0.25) is 15.9 Å². The molecular formula is C19H23N3O5S. The summed E-state index contributed by atoms with van der Waals surface area (Å²) in [6.07, 6.45) is 1.37. The molecule has 1 aromatic heterocycles. The molecule has 150 valence electrons. The van der Waals surface area contributed by atoms with Crippen molar-refractivity contribution in [2.75, 3.05) is 39.8 Å². The molecule has 0 bridgehead atoms. The van der Waals surface area contributed by atoms with E-state index in [-0.39, 0.29) is 4.90 Å². The van der Waals surface area contributed by atoms with Crippen LogP contribution in [-0.2, 0) is 14.8 Å². The molecule has 0 unspecified atom stereocenters. The highest BCUT2D eigenvalue weighted by Gasteiger charge is 2.27. The molecule has 0 spiro atoms. The number of ether oxygens (including phenoxy) is 2. The second kappa shape index (κ2) is 8.68. The topological polar surface area (TPSA) is 89.0 Å². The van der Waals surface area contributed by atoms with E-state index in [2.05, 4.69) is 9.88 Å². The Morgan fingerprint density at radius 2 is 1.75 bits per heavy atom. The van der Waals surface area contributed by atoms with Crippen LogP contribution in [0.5, 0.6) is 11.6 Å². The Morgan fingerprint density at radius 3 is 2.32 bits per heavy atom. The van der Waals surface area contributed by atoms with Crippen molar-refractivity contribution in [1.82, 2.24) is 14.2 Å². The Morgan fingerprint density at radius 1 is 1.07 bits per heavy atom. The third-order valence-electron chi connectivity index (χ3n) is 4.39. The number of rotatable bonds is 6. The average molecular weight is 405 g/mol. The first-order valence-electron chi connectivity index (χ1n) is 9.00. The fourth-order valence-electron chi connectivity index (χ4n) is 2.75. The van der Waals surface area contributed by atoms with Gasteiger partial charge in [0, 0.05) is 38.4 Å². The number of esters is 1. The van der Waals surface area contributed by atoms with Crippen molar-refractivity contribution in [3.63, 3.8) is 0 Å². The van der Waals surface area contributed by atoms with Crippen molar-refractivity contribution >= 4 is 16.0 Å². The Hall–Kier alpha value is -2.49. The quantitative estimate of drug-likeness (QED) is 0.679. The maximum absolute atomic E-state index is 12.7. The molecule has 28 heavy (non-hydrogen) atoms. The van der Waals surface area contributed by atoms with Crippen LogP contribution >= 0.6 is 0 Å². The van der Waals surface area contributed by atoms with Gasteiger partial charge in [-0.05, 0) is 44.3 Å². The molecule has 3 rings (SSSR count). The van der Waals surface area contributed by atoms with E-state index in [4.69, 9.17) is 9.47 Å². The molecule has 0 amide bonds. The van der Waals surface area contributed by atoms with E-state index >= 15 is 0 Å². The number of piperazine rings is 1. The van der Waals surface area contributed by atoms with Crippen molar-refractivity contribution < 1.29 is 22.7 Å². The standard InChI is InChI=1S/C19H23N3O5S/c1-3-26-19(23)15-4-9-18(20-14-15)27-16-5-7-17(8-6-16)28(24,25)22-12-10-21(2)11-13-22/h4-9,14H,3,10-13H2,1-2H3. The van der Waals surface area contributed by atoms with Crippen molar-refractivity contribution in [3.05, 3.63) is 48.2 Å². The monoisotopic (exact) mass is 405 g/mol. The molecule has 0 atom stereocenters. The molecule has 0 aliphatic carbocycles. The number of carbonyl (C=O) groups excluding carboxylic acids is 1. The van der Waals surface area contributed by atoms with E-state index in [1.54, 1.807) is 31.2 Å². The van der Waals surface area contributed by atoms with Gasteiger partial charge in [-0.3, -0.25) is 0 Å². The van der Waals surface area contributed by atoms with Crippen LogP contribution in [0.1, 0.15) is 17.3 Å². The third-order valence-corrected chi connectivity index (χ3v) is 6.31. The highest BCUT2D eigenvalue weighted by atomic mass is 32.2. The van der Waals surface area contributed by atoms with Crippen LogP contribution in [0.15, 0.2) is 47.5 Å². The lowest BCUT2D eigenvalue weighted by Gasteiger charge is -2.31. The molecular weight excluding hydrogens is 382 g/mol. The highest BCUT2D eigenvalue weighted by molar-refractivity contribution is 7.89. The summed E-state index contributed by atoms with van der Waals surface area (Å²) in [7, 11) is -1.54. The minimum Gasteiger partial charge on any atom is -0.462 e. The highest BCUT2D eigenvalue weighted by Crippen LogP contribution is 2.24. The predicted molar refractivity (Wildman–Crippen MR) is 103 cm³/mol. The van der Waals surface area contributed by atoms with E-state index in [0.29, 0.717) is 50.0 Å². The molecule has 8 nitrogen and oxygen atoms in total. The van der Waals surface area contributed by atoms with Crippen molar-refractivity contribution in [1.29, 1.82) is 0 Å². The van der Waals surface area contributed by atoms with Crippen molar-refractivity contribution in [2.24, 2.45) is 0 Å². The number of pyridine rings is 1. The fourth-order valence-corrected chi connectivity index (χ4v) is 4.18. The van der Waals surface area contributed by atoms with Crippen LogP contribution in [0.4, 0.5) is 0 Å². The SMILES string of the molecule is CCOC(=O)c1ccc(Oc2ccc(S(=O)(=O)N3CCN(C)CC3)cc2)nc1. The lowest BCUT2D eigenvalue weighted by Crippen LogP contribution is -2.46. The summed E-state index contributed by atoms with van der Waals surface area (Å²) in [5, 5.41) is 0. The van der Waals surface area contributed by atoms with Gasteiger partial charge in [0.15, 0.2) is 0 Å². The molecule has 1 aliphatic rings. The maximum Gasteiger partial charge on any atom is 0.339 e. The minimum atomic E-state index is -3.51. The molecule has 9 heteroatoms. The first kappa shape index (κ1) is 20.2. The predicted octanol–water partition coefficient (Wildman–Crippen LogP) is 1.99. The molecule has 0 radical (unpaired) electrons. The summed E-state index contributed by atoms with van der Waals surface area (Å²) in [4.78, 5) is 18.0. The normalized spacial score (nSPS) is 15.9. The van der Waals surface area contributed by atoms with Gasteiger partial charge in [-0.1, -0.05) is 0 Å². The molecule has 1 saturated heterocycles. The smallest absolute Gasteiger partial charge is 0.339 e. The van der Waals surface area contributed by atoms with Gasteiger partial charge in [-0.15, -0.1) is 0 Å². The van der Waals surface area contributed by atoms with Gasteiger partial charge >= 0.3 is 5.97 Å². The summed E-state index contributed by atoms with van der Waals surface area (Å²) in [5.74, 6) is 0.302. The number of sulfonamides is 1. The average Bonchev–Trinajstić information content (AvgIpc) is 2.69. The Labute approximate surface area is 164 Å². The summed E-state index contributed by atoms with van der Waals surface area (Å²) < 4.78 is 37.5. The number of benzene rings is 1. The van der Waals surface area contributed by atoms with Crippen LogP contribution in [0, 0.1) is 0 Å². The van der Waals surface area contributed by atoms with E-state index in [0.717, 1.165) is 0 Å². The van der Waals surface area contributed by atoms with E-state index < -0.39 is 16.0 Å². The summed E-state index contributed by atoms with van der Waals surface area (Å²) in [6, 6.07) is 9.34. The van der Waals surface area contributed by atoms with Crippen LogP contribution < -0.4 is 4.74 Å². The molecule has 1 fully saturated rings. The van der Waals surface area contributed by atoms with E-state index in [9.17, 15) is 13.2 Å². The number of carbonyl (C=O) groups is 1. The molecule has 1 aromatic carbocycles. The van der Waals surface area contributed by atoms with Gasteiger partial charge in [-0.2, -0.15) is 4.31 Å². The second-order valence-electron chi connectivity index (χ2n) is 6.39. The van der Waals surface area contributed by atoms with E-state index in [1.165, 1.54) is 22.6 Å². The zero-order chi connectivity index (χ0) is 20.1. The zero-order valence-electron chi connectivity index (χ0n) is 15.9. The molecule has 0 saturated carbocycles. The number of aromatic nitrogens is 1. The first-order chi connectivity index (χ1) is 13.4. The minimum absolute atomic E-state index is 0.232. The third kappa shape index (κ3) is 4.67. The number of likely N-dealkylation sites (N-methyl/N-ethyl adjacent to an activating group) is 1. The van der Waals surface area contributed by atoms with Gasteiger partial charge < -0.3 is 14.4 Å². The van der Waals surface area contributed by atoms with Crippen molar-refractivity contribution in [3.8, 4) is 11.6 Å². The lowest BCUT2D eigenvalue weighted by atomic mass is 10.3. The lowest BCUT2D eigenvalue weighted by molar-refractivity contribution is 0.0526. The molecule has 0 N–H and O–H groups in total. The maximum atomic E-state index is 12.7. The van der Waals surface area contributed by atoms with E-state index in [1.807, 2.05) is 7.05 Å². The van der Waals surface area contributed by atoms with Gasteiger partial charge in [-0.25, -0.2) is 18.2 Å².